The van der Waals surface area contributed by atoms with Crippen molar-refractivity contribution in [2.24, 2.45) is 7.05 Å². The maximum absolute atomic E-state index is 9.24. The first kappa shape index (κ1) is 11.6. The third-order valence-corrected chi connectivity index (χ3v) is 3.20. The van der Waals surface area contributed by atoms with Gasteiger partial charge < -0.3 is 15.0 Å². The van der Waals surface area contributed by atoms with Crippen molar-refractivity contribution in [3.05, 3.63) is 54.4 Å². The van der Waals surface area contributed by atoms with Gasteiger partial charge >= 0.3 is 0 Å². The second-order valence-corrected chi connectivity index (χ2v) is 4.48. The molecule has 4 heteroatoms. The molecule has 3 aromatic rings. The molecule has 96 valence electrons. The van der Waals surface area contributed by atoms with Gasteiger partial charge in [0.15, 0.2) is 0 Å². The van der Waals surface area contributed by atoms with E-state index >= 15 is 0 Å². The minimum atomic E-state index is 0.272. The van der Waals surface area contributed by atoms with Crippen molar-refractivity contribution >= 4 is 16.7 Å². The highest BCUT2D eigenvalue weighted by atomic mass is 16.3. The molecule has 4 nitrogen and oxygen atoms in total. The van der Waals surface area contributed by atoms with Crippen molar-refractivity contribution in [1.29, 1.82) is 0 Å². The number of para-hydroxylation sites is 2. The summed E-state index contributed by atoms with van der Waals surface area (Å²) in [5.41, 5.74) is 3.10. The molecule has 0 atom stereocenters. The molecule has 0 aliphatic rings. The third-order valence-electron chi connectivity index (χ3n) is 3.20. The summed E-state index contributed by atoms with van der Waals surface area (Å²) >= 11 is 0. The highest BCUT2D eigenvalue weighted by Crippen LogP contribution is 2.17. The van der Waals surface area contributed by atoms with E-state index in [9.17, 15) is 5.11 Å². The standard InChI is InChI=1S/C15H15N3O/c1-18-14-5-3-2-4-13(14)17-15(18)10-16-11-6-8-12(19)9-7-11/h2-9,16,19H,10H2,1H3. The predicted molar refractivity (Wildman–Crippen MR) is 76.1 cm³/mol. The number of benzene rings is 2. The number of nitrogens with one attached hydrogen (secondary N) is 1. The van der Waals surface area contributed by atoms with Crippen LogP contribution in [-0.2, 0) is 13.6 Å². The van der Waals surface area contributed by atoms with Crippen LogP contribution in [0.15, 0.2) is 48.5 Å². The lowest BCUT2D eigenvalue weighted by Crippen LogP contribution is -2.05. The van der Waals surface area contributed by atoms with Crippen LogP contribution in [0.25, 0.3) is 11.0 Å². The Hall–Kier alpha value is -2.49. The van der Waals surface area contributed by atoms with Crippen LogP contribution >= 0.6 is 0 Å². The van der Waals surface area contributed by atoms with Crippen LogP contribution in [0.4, 0.5) is 5.69 Å². The van der Waals surface area contributed by atoms with Crippen molar-refractivity contribution in [1.82, 2.24) is 9.55 Å². The molecule has 1 aromatic heterocycles. The average molecular weight is 253 g/mol. The van der Waals surface area contributed by atoms with Crippen LogP contribution in [0.5, 0.6) is 5.75 Å². The number of aromatic nitrogens is 2. The van der Waals surface area contributed by atoms with Gasteiger partial charge in [-0.1, -0.05) is 12.1 Å². The molecule has 2 N–H and O–H groups in total. The van der Waals surface area contributed by atoms with Crippen molar-refractivity contribution in [2.75, 3.05) is 5.32 Å². The van der Waals surface area contributed by atoms with Crippen LogP contribution in [0.3, 0.4) is 0 Å². The van der Waals surface area contributed by atoms with E-state index in [1.165, 1.54) is 0 Å². The van der Waals surface area contributed by atoms with Gasteiger partial charge in [0, 0.05) is 12.7 Å². The highest BCUT2D eigenvalue weighted by Gasteiger charge is 2.06. The lowest BCUT2D eigenvalue weighted by atomic mass is 10.3. The Bertz CT molecular complexity index is 701. The van der Waals surface area contributed by atoms with E-state index in [0.717, 1.165) is 22.5 Å². The van der Waals surface area contributed by atoms with Crippen LogP contribution in [-0.4, -0.2) is 14.7 Å². The molecule has 0 fully saturated rings. The Morgan fingerprint density at radius 2 is 1.84 bits per heavy atom. The van der Waals surface area contributed by atoms with Crippen molar-refractivity contribution < 1.29 is 5.11 Å². The van der Waals surface area contributed by atoms with Crippen LogP contribution in [0.1, 0.15) is 5.82 Å². The largest absolute Gasteiger partial charge is 0.508 e. The van der Waals surface area contributed by atoms with Crippen molar-refractivity contribution in [3.63, 3.8) is 0 Å². The summed E-state index contributed by atoms with van der Waals surface area (Å²) < 4.78 is 2.09. The van der Waals surface area contributed by atoms with E-state index in [2.05, 4.69) is 20.9 Å². The Morgan fingerprint density at radius 3 is 2.58 bits per heavy atom. The van der Waals surface area contributed by atoms with Crippen LogP contribution in [0.2, 0.25) is 0 Å². The highest BCUT2D eigenvalue weighted by molar-refractivity contribution is 5.75. The molecule has 0 saturated carbocycles. The van der Waals surface area contributed by atoms with Gasteiger partial charge in [0.2, 0.25) is 0 Å². The molecule has 0 aliphatic heterocycles. The molecule has 3 rings (SSSR count). The van der Waals surface area contributed by atoms with Gasteiger partial charge in [-0.2, -0.15) is 0 Å². The van der Waals surface area contributed by atoms with E-state index < -0.39 is 0 Å². The molecule has 0 amide bonds. The number of aryl methyl sites for hydroxylation is 1. The van der Waals surface area contributed by atoms with E-state index in [1.807, 2.05) is 37.4 Å². The first-order valence-electron chi connectivity index (χ1n) is 6.17. The van der Waals surface area contributed by atoms with Gasteiger partial charge in [0.05, 0.1) is 17.6 Å². The topological polar surface area (TPSA) is 50.1 Å². The molecular formula is C15H15N3O. The number of phenols is 1. The van der Waals surface area contributed by atoms with E-state index in [1.54, 1.807) is 12.1 Å². The van der Waals surface area contributed by atoms with Crippen molar-refractivity contribution in [2.45, 2.75) is 6.54 Å². The molecule has 0 aliphatic carbocycles. The zero-order chi connectivity index (χ0) is 13.2. The predicted octanol–water partition coefficient (Wildman–Crippen LogP) is 2.89. The summed E-state index contributed by atoms with van der Waals surface area (Å²) in [6, 6.07) is 15.1. The van der Waals surface area contributed by atoms with Crippen LogP contribution in [0, 0.1) is 0 Å². The molecule has 1 heterocycles. The number of anilines is 1. The van der Waals surface area contributed by atoms with Crippen LogP contribution < -0.4 is 5.32 Å². The maximum atomic E-state index is 9.24. The van der Waals surface area contributed by atoms with Gasteiger partial charge in [-0.15, -0.1) is 0 Å². The van der Waals surface area contributed by atoms with E-state index in [0.29, 0.717) is 6.54 Å². The summed E-state index contributed by atoms with van der Waals surface area (Å²) in [4.78, 5) is 4.60. The number of imidazole rings is 1. The summed E-state index contributed by atoms with van der Waals surface area (Å²) in [7, 11) is 2.02. The summed E-state index contributed by atoms with van der Waals surface area (Å²) in [5, 5.41) is 12.5. The zero-order valence-electron chi connectivity index (χ0n) is 10.7. The molecule has 0 unspecified atom stereocenters. The molecule has 0 saturated heterocycles. The Kier molecular flexibility index (Phi) is 2.83. The summed E-state index contributed by atoms with van der Waals surface area (Å²) in [6.07, 6.45) is 0. The summed E-state index contributed by atoms with van der Waals surface area (Å²) in [6.45, 7) is 0.649. The Labute approximate surface area is 111 Å². The average Bonchev–Trinajstić information content (AvgIpc) is 2.76. The number of rotatable bonds is 3. The normalized spacial score (nSPS) is 10.8. The second-order valence-electron chi connectivity index (χ2n) is 4.48. The first-order chi connectivity index (χ1) is 9.24. The number of hydrogen-bond acceptors (Lipinski definition) is 3. The van der Waals surface area contributed by atoms with Crippen molar-refractivity contribution in [3.8, 4) is 5.75 Å². The van der Waals surface area contributed by atoms with E-state index in [4.69, 9.17) is 0 Å². The minimum Gasteiger partial charge on any atom is -0.508 e. The number of aromatic hydroxyl groups is 1. The quantitative estimate of drug-likeness (QED) is 0.706. The molecule has 0 radical (unpaired) electrons. The molecule has 0 bridgehead atoms. The fourth-order valence-electron chi connectivity index (χ4n) is 2.11. The lowest BCUT2D eigenvalue weighted by molar-refractivity contribution is 0.475. The maximum Gasteiger partial charge on any atom is 0.128 e. The van der Waals surface area contributed by atoms with Gasteiger partial charge in [0.1, 0.15) is 11.6 Å². The zero-order valence-corrected chi connectivity index (χ0v) is 10.7. The molecule has 2 aromatic carbocycles. The third kappa shape index (κ3) is 2.25. The SMILES string of the molecule is Cn1c(CNc2ccc(O)cc2)nc2ccccc21. The monoisotopic (exact) mass is 253 g/mol. The fourth-order valence-corrected chi connectivity index (χ4v) is 2.11. The fraction of sp³-hybridized carbons (Fsp3) is 0.133. The van der Waals surface area contributed by atoms with Gasteiger partial charge in [-0.05, 0) is 36.4 Å². The Morgan fingerprint density at radius 1 is 1.11 bits per heavy atom. The minimum absolute atomic E-state index is 0.272. The molecule has 19 heavy (non-hydrogen) atoms. The van der Waals surface area contributed by atoms with Gasteiger partial charge in [0.25, 0.3) is 0 Å². The number of phenolic OH excluding ortho intramolecular Hbond substituents is 1. The Balaban J connectivity index is 1.82. The molecular weight excluding hydrogens is 238 g/mol. The smallest absolute Gasteiger partial charge is 0.128 e. The first-order valence-corrected chi connectivity index (χ1v) is 6.17. The lowest BCUT2D eigenvalue weighted by Gasteiger charge is -2.06. The second kappa shape index (κ2) is 4.65. The van der Waals surface area contributed by atoms with E-state index in [-0.39, 0.29) is 5.75 Å². The van der Waals surface area contributed by atoms with Gasteiger partial charge in [-0.3, -0.25) is 0 Å². The molecule has 0 spiro atoms. The van der Waals surface area contributed by atoms with Gasteiger partial charge in [-0.25, -0.2) is 4.98 Å². The number of fused-ring (bicyclic) bond motifs is 1. The number of hydrogen-bond donors (Lipinski definition) is 2. The summed E-state index contributed by atoms with van der Waals surface area (Å²) in [5.74, 6) is 1.25. The number of nitrogens with zero attached hydrogens (tertiary/aromatic N) is 2.